The van der Waals surface area contributed by atoms with Crippen molar-refractivity contribution in [2.45, 2.75) is 51.5 Å². The van der Waals surface area contributed by atoms with Crippen molar-refractivity contribution in [1.29, 1.82) is 0 Å². The van der Waals surface area contributed by atoms with Crippen LogP contribution in [0.3, 0.4) is 0 Å². The first-order chi connectivity index (χ1) is 11.6. The molecule has 2 fully saturated rings. The van der Waals surface area contributed by atoms with Gasteiger partial charge in [0.15, 0.2) is 0 Å². The molecule has 1 amide bonds. The van der Waals surface area contributed by atoms with Gasteiger partial charge in [-0.05, 0) is 74.7 Å². The lowest BCUT2D eigenvalue weighted by Crippen LogP contribution is -2.41. The Balaban J connectivity index is 0.00000225. The third-order valence-electron chi connectivity index (χ3n) is 5.71. The highest BCUT2D eigenvalue weighted by Crippen LogP contribution is 2.33. The van der Waals surface area contributed by atoms with Crippen LogP contribution in [0, 0.1) is 17.7 Å². The SMILES string of the molecule is CC(CC(=O)N1CCCCC1c1ccc(F)cc1)C1CCCNC1.Cl. The normalized spacial score (nSPS) is 25.1. The standard InChI is InChI=1S/C20H29FN2O.ClH/c1-15(17-5-4-11-22-14-17)13-20(24)23-12-3-2-6-19(23)16-7-9-18(21)10-8-16;/h7-10,15,17,19,22H,2-6,11-14H2,1H3;1H. The van der Waals surface area contributed by atoms with Gasteiger partial charge in [-0.1, -0.05) is 19.1 Å². The molecule has 0 aromatic heterocycles. The Labute approximate surface area is 156 Å². The van der Waals surface area contributed by atoms with Crippen LogP contribution in [-0.4, -0.2) is 30.4 Å². The maximum absolute atomic E-state index is 13.2. The summed E-state index contributed by atoms with van der Waals surface area (Å²) in [5.74, 6) is 1.07. The predicted octanol–water partition coefficient (Wildman–Crippen LogP) is 4.33. The molecule has 3 unspecified atom stereocenters. The molecule has 1 aromatic rings. The van der Waals surface area contributed by atoms with Crippen molar-refractivity contribution >= 4 is 18.3 Å². The van der Waals surface area contributed by atoms with E-state index >= 15 is 0 Å². The van der Waals surface area contributed by atoms with Crippen LogP contribution in [-0.2, 0) is 4.79 Å². The lowest BCUT2D eigenvalue weighted by molar-refractivity contribution is -0.136. The van der Waals surface area contributed by atoms with Crippen LogP contribution in [0.15, 0.2) is 24.3 Å². The number of benzene rings is 1. The highest BCUT2D eigenvalue weighted by atomic mass is 35.5. The van der Waals surface area contributed by atoms with Gasteiger partial charge in [-0.3, -0.25) is 4.79 Å². The van der Waals surface area contributed by atoms with Gasteiger partial charge in [-0.15, -0.1) is 12.4 Å². The minimum atomic E-state index is -0.217. The Bertz CT molecular complexity index is 545. The Morgan fingerprint density at radius 2 is 2.00 bits per heavy atom. The van der Waals surface area contributed by atoms with E-state index < -0.39 is 0 Å². The van der Waals surface area contributed by atoms with Crippen LogP contribution in [0.1, 0.15) is 57.1 Å². The molecule has 0 spiro atoms. The van der Waals surface area contributed by atoms with E-state index in [0.29, 0.717) is 18.3 Å². The van der Waals surface area contributed by atoms with E-state index in [1.807, 2.05) is 17.0 Å². The fraction of sp³-hybridized carbons (Fsp3) is 0.650. The summed E-state index contributed by atoms with van der Waals surface area (Å²) in [6.45, 7) is 5.19. The molecule has 3 nitrogen and oxygen atoms in total. The first-order valence-corrected chi connectivity index (χ1v) is 9.41. The van der Waals surface area contributed by atoms with Gasteiger partial charge in [-0.25, -0.2) is 4.39 Å². The fourth-order valence-electron chi connectivity index (χ4n) is 4.19. The van der Waals surface area contributed by atoms with Crippen molar-refractivity contribution in [2.75, 3.05) is 19.6 Å². The number of carbonyl (C=O) groups excluding carboxylic acids is 1. The Morgan fingerprint density at radius 1 is 1.24 bits per heavy atom. The minimum absolute atomic E-state index is 0. The van der Waals surface area contributed by atoms with Crippen molar-refractivity contribution in [1.82, 2.24) is 10.2 Å². The molecule has 1 aromatic carbocycles. The maximum Gasteiger partial charge on any atom is 0.223 e. The number of nitrogens with zero attached hydrogens (tertiary/aromatic N) is 1. The van der Waals surface area contributed by atoms with Crippen molar-refractivity contribution in [2.24, 2.45) is 11.8 Å². The van der Waals surface area contributed by atoms with Gasteiger partial charge in [0, 0.05) is 13.0 Å². The molecule has 25 heavy (non-hydrogen) atoms. The second-order valence-electron chi connectivity index (χ2n) is 7.44. The summed E-state index contributed by atoms with van der Waals surface area (Å²) < 4.78 is 13.2. The molecular weight excluding hydrogens is 339 g/mol. The van der Waals surface area contributed by atoms with Crippen LogP contribution >= 0.6 is 12.4 Å². The summed E-state index contributed by atoms with van der Waals surface area (Å²) >= 11 is 0. The molecule has 2 heterocycles. The van der Waals surface area contributed by atoms with Crippen LogP contribution < -0.4 is 5.32 Å². The zero-order chi connectivity index (χ0) is 16.9. The fourth-order valence-corrected chi connectivity index (χ4v) is 4.19. The number of piperidine rings is 2. The van der Waals surface area contributed by atoms with E-state index in [-0.39, 0.29) is 30.2 Å². The van der Waals surface area contributed by atoms with E-state index in [4.69, 9.17) is 0 Å². The molecule has 2 aliphatic heterocycles. The number of hydrogen-bond donors (Lipinski definition) is 1. The Hall–Kier alpha value is -1.13. The topological polar surface area (TPSA) is 32.3 Å². The lowest BCUT2D eigenvalue weighted by atomic mass is 9.84. The number of likely N-dealkylation sites (tertiary alicyclic amines) is 1. The quantitative estimate of drug-likeness (QED) is 0.858. The molecule has 2 saturated heterocycles. The first kappa shape index (κ1) is 20.2. The van der Waals surface area contributed by atoms with Crippen LogP contribution in [0.25, 0.3) is 0 Å². The third-order valence-corrected chi connectivity index (χ3v) is 5.71. The molecule has 2 aliphatic rings. The number of nitrogens with one attached hydrogen (secondary N) is 1. The summed E-state index contributed by atoms with van der Waals surface area (Å²) in [7, 11) is 0. The molecule has 1 N–H and O–H groups in total. The average Bonchev–Trinajstić information content (AvgIpc) is 2.63. The molecule has 3 atom stereocenters. The number of amides is 1. The van der Waals surface area contributed by atoms with Gasteiger partial charge in [0.1, 0.15) is 5.82 Å². The molecule has 5 heteroatoms. The molecular formula is C20H30ClFN2O. The largest absolute Gasteiger partial charge is 0.336 e. The average molecular weight is 369 g/mol. The van der Waals surface area contributed by atoms with E-state index in [9.17, 15) is 9.18 Å². The molecule has 0 bridgehead atoms. The molecule has 3 rings (SSSR count). The van der Waals surface area contributed by atoms with E-state index in [2.05, 4.69) is 12.2 Å². The summed E-state index contributed by atoms with van der Waals surface area (Å²) in [5, 5.41) is 3.45. The second-order valence-corrected chi connectivity index (χ2v) is 7.44. The van der Waals surface area contributed by atoms with Crippen molar-refractivity contribution in [3.8, 4) is 0 Å². The first-order valence-electron chi connectivity index (χ1n) is 9.41. The van der Waals surface area contributed by atoms with Gasteiger partial charge >= 0.3 is 0 Å². The molecule has 140 valence electrons. The molecule has 0 aliphatic carbocycles. The summed E-state index contributed by atoms with van der Waals surface area (Å²) in [6, 6.07) is 6.79. The monoisotopic (exact) mass is 368 g/mol. The zero-order valence-corrected chi connectivity index (χ0v) is 15.9. The lowest BCUT2D eigenvalue weighted by Gasteiger charge is -2.37. The van der Waals surface area contributed by atoms with E-state index in [1.165, 1.54) is 25.0 Å². The van der Waals surface area contributed by atoms with Crippen LogP contribution in [0.2, 0.25) is 0 Å². The van der Waals surface area contributed by atoms with Crippen LogP contribution in [0.5, 0.6) is 0 Å². The second kappa shape index (κ2) is 9.54. The van der Waals surface area contributed by atoms with E-state index in [0.717, 1.165) is 44.5 Å². The number of rotatable bonds is 4. The van der Waals surface area contributed by atoms with Gasteiger partial charge in [-0.2, -0.15) is 0 Å². The molecule has 0 saturated carbocycles. The molecule has 0 radical (unpaired) electrons. The smallest absolute Gasteiger partial charge is 0.223 e. The highest BCUT2D eigenvalue weighted by Gasteiger charge is 2.30. The minimum Gasteiger partial charge on any atom is -0.336 e. The number of halogens is 2. The van der Waals surface area contributed by atoms with Crippen LogP contribution in [0.4, 0.5) is 4.39 Å². The van der Waals surface area contributed by atoms with Gasteiger partial charge in [0.2, 0.25) is 5.91 Å². The summed E-state index contributed by atoms with van der Waals surface area (Å²) in [5.41, 5.74) is 1.07. The van der Waals surface area contributed by atoms with Crippen molar-refractivity contribution in [3.63, 3.8) is 0 Å². The number of hydrogen-bond acceptors (Lipinski definition) is 2. The Kier molecular flexibility index (Phi) is 7.70. The van der Waals surface area contributed by atoms with Crippen molar-refractivity contribution in [3.05, 3.63) is 35.6 Å². The maximum atomic E-state index is 13.2. The number of carbonyl (C=O) groups is 1. The highest BCUT2D eigenvalue weighted by molar-refractivity contribution is 5.85. The van der Waals surface area contributed by atoms with Gasteiger partial charge in [0.25, 0.3) is 0 Å². The Morgan fingerprint density at radius 3 is 2.68 bits per heavy atom. The zero-order valence-electron chi connectivity index (χ0n) is 15.0. The third kappa shape index (κ3) is 5.18. The van der Waals surface area contributed by atoms with E-state index in [1.54, 1.807) is 0 Å². The van der Waals surface area contributed by atoms with Crippen molar-refractivity contribution < 1.29 is 9.18 Å². The summed E-state index contributed by atoms with van der Waals surface area (Å²) in [6.07, 6.45) is 6.26. The van der Waals surface area contributed by atoms with Gasteiger partial charge in [0.05, 0.1) is 6.04 Å². The predicted molar refractivity (Wildman–Crippen MR) is 101 cm³/mol. The van der Waals surface area contributed by atoms with Gasteiger partial charge < -0.3 is 10.2 Å². The summed E-state index contributed by atoms with van der Waals surface area (Å²) in [4.78, 5) is 15.0.